The molecular formula is C44H37N3O2. The fraction of sp³-hybridized carbons (Fsp3) is 0.0909. The molecule has 0 aliphatic rings. The lowest BCUT2D eigenvalue weighted by molar-refractivity contribution is -0.148. The summed E-state index contributed by atoms with van der Waals surface area (Å²) >= 11 is 0. The van der Waals surface area contributed by atoms with Crippen molar-refractivity contribution < 1.29 is 9.90 Å². The first-order valence-corrected chi connectivity index (χ1v) is 16.5. The van der Waals surface area contributed by atoms with Crippen molar-refractivity contribution in [3.05, 3.63) is 234 Å². The Bertz CT molecular complexity index is 1730. The van der Waals surface area contributed by atoms with Crippen LogP contribution in [0.4, 0.5) is 0 Å². The van der Waals surface area contributed by atoms with Gasteiger partial charge in [0.15, 0.2) is 0 Å². The number of benzene rings is 6. The summed E-state index contributed by atoms with van der Waals surface area (Å²) in [6.45, 7) is 0. The first-order chi connectivity index (χ1) is 24.2. The summed E-state index contributed by atoms with van der Waals surface area (Å²) in [5, 5.41) is 11.7. The van der Waals surface area contributed by atoms with Crippen molar-refractivity contribution in [3.8, 4) is 0 Å². The minimum atomic E-state index is -1.15. The molecule has 0 fully saturated rings. The normalized spacial score (nSPS) is 12.4. The van der Waals surface area contributed by atoms with E-state index in [9.17, 15) is 9.90 Å². The molecule has 5 nitrogen and oxygen atoms in total. The molecule has 6 aromatic carbocycles. The Labute approximate surface area is 287 Å². The lowest BCUT2D eigenvalue weighted by atomic mass is 9.66. The zero-order valence-corrected chi connectivity index (χ0v) is 27.0. The molecule has 7 aromatic rings. The number of nitrogens with one attached hydrogen (secondary N) is 1. The molecule has 49 heavy (non-hydrogen) atoms. The molecule has 0 spiro atoms. The van der Waals surface area contributed by atoms with Crippen LogP contribution in [0.5, 0.6) is 0 Å². The van der Waals surface area contributed by atoms with Crippen LogP contribution in [0.3, 0.4) is 0 Å². The van der Waals surface area contributed by atoms with E-state index in [0.717, 1.165) is 33.4 Å². The van der Waals surface area contributed by atoms with Crippen molar-refractivity contribution in [1.82, 2.24) is 14.9 Å². The second kappa shape index (κ2) is 14.0. The third kappa shape index (κ3) is 5.64. The average molecular weight is 640 g/mol. The summed E-state index contributed by atoms with van der Waals surface area (Å²) < 4.78 is 0. The van der Waals surface area contributed by atoms with E-state index >= 15 is 0 Å². The van der Waals surface area contributed by atoms with Crippen LogP contribution < -0.4 is 0 Å². The van der Waals surface area contributed by atoms with Gasteiger partial charge in [0.25, 0.3) is 0 Å². The zero-order valence-electron chi connectivity index (χ0n) is 27.0. The molecule has 0 amide bonds. The van der Waals surface area contributed by atoms with E-state index in [1.54, 1.807) is 12.5 Å². The summed E-state index contributed by atoms with van der Waals surface area (Å²) in [6, 6.07) is 60.8. The van der Waals surface area contributed by atoms with Gasteiger partial charge in [-0.3, -0.25) is 9.69 Å². The standard InChI is InChI=1S/C44H37N3O2/c48-42(49)41(31-40-32-45-33-46-40)47(43(34-19-7-1-8-20-34,35-21-9-2-10-22-35)36-23-11-3-12-24-36)44(37-25-13-4-14-26-37,38-27-15-5-16-28-38)39-29-17-6-18-30-39/h1-30,32-33,41H,31H2,(H,45,46)(H,48,49)/t41-/m0/s1. The molecule has 2 N–H and O–H groups in total. The number of aromatic amines is 1. The summed E-state index contributed by atoms with van der Waals surface area (Å²) in [5.41, 5.74) is 3.99. The van der Waals surface area contributed by atoms with Gasteiger partial charge in [-0.2, -0.15) is 0 Å². The fourth-order valence-electron chi connectivity index (χ4n) is 7.52. The van der Waals surface area contributed by atoms with Gasteiger partial charge in [-0.25, -0.2) is 4.98 Å². The highest BCUT2D eigenvalue weighted by Crippen LogP contribution is 2.55. The summed E-state index contributed by atoms with van der Waals surface area (Å²) in [7, 11) is 0. The number of H-pyrrole nitrogens is 1. The number of aromatic nitrogens is 2. The highest BCUT2D eigenvalue weighted by atomic mass is 16.4. The lowest BCUT2D eigenvalue weighted by Gasteiger charge is -2.58. The smallest absolute Gasteiger partial charge is 0.321 e. The van der Waals surface area contributed by atoms with Crippen LogP contribution in [0.2, 0.25) is 0 Å². The fourth-order valence-corrected chi connectivity index (χ4v) is 7.52. The maximum absolute atomic E-state index is 14.3. The van der Waals surface area contributed by atoms with E-state index in [0.29, 0.717) is 5.69 Å². The van der Waals surface area contributed by atoms with E-state index in [4.69, 9.17) is 0 Å². The predicted octanol–water partition coefficient (Wildman–Crippen LogP) is 8.69. The topological polar surface area (TPSA) is 69.2 Å². The summed E-state index contributed by atoms with van der Waals surface area (Å²) in [4.78, 5) is 24.2. The Kier molecular flexibility index (Phi) is 9.00. The molecule has 0 radical (unpaired) electrons. The largest absolute Gasteiger partial charge is 0.480 e. The van der Waals surface area contributed by atoms with Gasteiger partial charge in [-0.15, -0.1) is 0 Å². The molecular weight excluding hydrogens is 603 g/mol. The van der Waals surface area contributed by atoms with Crippen LogP contribution in [0.15, 0.2) is 195 Å². The molecule has 0 bridgehead atoms. The van der Waals surface area contributed by atoms with E-state index in [-0.39, 0.29) is 6.42 Å². The molecule has 0 aliphatic heterocycles. The van der Waals surface area contributed by atoms with Crippen molar-refractivity contribution in [2.75, 3.05) is 0 Å². The minimum Gasteiger partial charge on any atom is -0.480 e. The second-order valence-electron chi connectivity index (χ2n) is 12.1. The van der Waals surface area contributed by atoms with Crippen molar-refractivity contribution >= 4 is 5.97 Å². The molecule has 0 saturated heterocycles. The van der Waals surface area contributed by atoms with Gasteiger partial charge in [0.05, 0.1) is 23.1 Å². The Balaban J connectivity index is 1.76. The van der Waals surface area contributed by atoms with Gasteiger partial charge in [0.1, 0.15) is 6.04 Å². The van der Waals surface area contributed by atoms with Crippen molar-refractivity contribution in [2.45, 2.75) is 23.5 Å². The number of carboxylic acids is 1. The van der Waals surface area contributed by atoms with Gasteiger partial charge in [-0.1, -0.05) is 182 Å². The van der Waals surface area contributed by atoms with Crippen LogP contribution in [0.25, 0.3) is 0 Å². The zero-order chi connectivity index (χ0) is 33.5. The number of imidazole rings is 1. The molecule has 0 aliphatic carbocycles. The first kappa shape index (κ1) is 31.6. The molecule has 1 aromatic heterocycles. The van der Waals surface area contributed by atoms with Gasteiger partial charge in [0.2, 0.25) is 0 Å². The van der Waals surface area contributed by atoms with Crippen LogP contribution >= 0.6 is 0 Å². The first-order valence-electron chi connectivity index (χ1n) is 16.5. The Morgan fingerprint density at radius 2 is 0.816 bits per heavy atom. The highest BCUT2D eigenvalue weighted by Gasteiger charge is 2.58. The van der Waals surface area contributed by atoms with Crippen molar-refractivity contribution in [3.63, 3.8) is 0 Å². The van der Waals surface area contributed by atoms with Crippen molar-refractivity contribution in [1.29, 1.82) is 0 Å². The number of rotatable bonds is 12. The number of nitrogens with zero attached hydrogens (tertiary/aromatic N) is 2. The number of hydrogen-bond donors (Lipinski definition) is 2. The average Bonchev–Trinajstić information content (AvgIpc) is 3.70. The molecule has 1 atom stereocenters. The number of carbonyl (C=O) groups is 1. The lowest BCUT2D eigenvalue weighted by Crippen LogP contribution is -2.65. The molecule has 5 heteroatoms. The third-order valence-corrected chi connectivity index (χ3v) is 9.43. The van der Waals surface area contributed by atoms with Gasteiger partial charge >= 0.3 is 5.97 Å². The van der Waals surface area contributed by atoms with Gasteiger partial charge < -0.3 is 10.1 Å². The number of aliphatic carboxylic acids is 1. The van der Waals surface area contributed by atoms with E-state index in [1.165, 1.54) is 0 Å². The monoisotopic (exact) mass is 639 g/mol. The third-order valence-electron chi connectivity index (χ3n) is 9.43. The SMILES string of the molecule is O=C(O)[C@H](Cc1c[nH]cn1)N(C(c1ccccc1)(c1ccccc1)c1ccccc1)C(c1ccccc1)(c1ccccc1)c1ccccc1. The molecule has 1 heterocycles. The maximum atomic E-state index is 14.3. The van der Waals surface area contributed by atoms with Crippen LogP contribution in [-0.2, 0) is 22.3 Å². The van der Waals surface area contributed by atoms with E-state index < -0.39 is 23.1 Å². The Hall–Kier alpha value is -6.04. The van der Waals surface area contributed by atoms with E-state index in [2.05, 4.69) is 87.7 Å². The Morgan fingerprint density at radius 1 is 0.531 bits per heavy atom. The second-order valence-corrected chi connectivity index (χ2v) is 12.1. The summed E-state index contributed by atoms with van der Waals surface area (Å²) in [5.74, 6) is -0.956. The predicted molar refractivity (Wildman–Crippen MR) is 194 cm³/mol. The van der Waals surface area contributed by atoms with Crippen LogP contribution in [-0.4, -0.2) is 32.0 Å². The van der Waals surface area contributed by atoms with Crippen molar-refractivity contribution in [2.24, 2.45) is 0 Å². The highest BCUT2D eigenvalue weighted by molar-refractivity contribution is 5.76. The summed E-state index contributed by atoms with van der Waals surface area (Å²) in [6.07, 6.45) is 3.54. The van der Waals surface area contributed by atoms with Gasteiger partial charge in [-0.05, 0) is 33.4 Å². The number of hydrogen-bond acceptors (Lipinski definition) is 3. The number of carboxylic acid groups (broad SMARTS) is 1. The van der Waals surface area contributed by atoms with Crippen LogP contribution in [0.1, 0.15) is 39.1 Å². The molecule has 0 saturated carbocycles. The van der Waals surface area contributed by atoms with E-state index in [1.807, 2.05) is 109 Å². The molecule has 7 rings (SSSR count). The maximum Gasteiger partial charge on any atom is 0.321 e. The van der Waals surface area contributed by atoms with Gasteiger partial charge in [0, 0.05) is 12.6 Å². The molecule has 0 unspecified atom stereocenters. The van der Waals surface area contributed by atoms with Crippen LogP contribution in [0, 0.1) is 0 Å². The quantitative estimate of drug-likeness (QED) is 0.131. The minimum absolute atomic E-state index is 0.140. The Morgan fingerprint density at radius 3 is 1.04 bits per heavy atom. The molecule has 240 valence electrons.